The molecule has 3 aromatic carbocycles. The minimum Gasteiger partial charge on any atom is -0.485 e. The summed E-state index contributed by atoms with van der Waals surface area (Å²) >= 11 is 0. The Morgan fingerprint density at radius 1 is 1.00 bits per heavy atom. The van der Waals surface area contributed by atoms with E-state index in [1.54, 1.807) is 12.1 Å². The highest BCUT2D eigenvalue weighted by molar-refractivity contribution is 7.87. The average Bonchev–Trinajstić information content (AvgIpc) is 3.35. The van der Waals surface area contributed by atoms with Crippen molar-refractivity contribution in [3.63, 3.8) is 0 Å². The van der Waals surface area contributed by atoms with Crippen LogP contribution >= 0.6 is 0 Å². The van der Waals surface area contributed by atoms with Crippen LogP contribution in [0.3, 0.4) is 0 Å². The summed E-state index contributed by atoms with van der Waals surface area (Å²) in [5.41, 5.74) is 4.36. The molecule has 9 nitrogen and oxygen atoms in total. The number of aryl methyl sites for hydroxylation is 2. The normalized spacial score (nSPS) is 15.1. The maximum absolute atomic E-state index is 13.9. The monoisotopic (exact) mass is 585 g/mol. The van der Waals surface area contributed by atoms with Crippen molar-refractivity contribution in [2.45, 2.75) is 26.9 Å². The Morgan fingerprint density at radius 3 is 2.45 bits per heavy atom. The molecule has 1 fully saturated rings. The number of aromatic nitrogens is 1. The summed E-state index contributed by atoms with van der Waals surface area (Å²) < 4.78 is 47.8. The predicted octanol–water partition coefficient (Wildman–Crippen LogP) is 5.71. The molecular formula is C32H31N3O6S. The smallest absolute Gasteiger partial charge is 0.304 e. The molecule has 6 rings (SSSR count). The van der Waals surface area contributed by atoms with Gasteiger partial charge in [-0.3, -0.25) is 4.79 Å². The molecule has 0 spiro atoms. The SMILES string of the molecule is Cc1c(-c2cc(C(=O)NS(=O)(=O)N3CCOCC3)c3c(OC(C)c4ccccc4)ccc(C)c3n2)oc2ccccc12. The topological polar surface area (TPSA) is 111 Å². The molecule has 0 bridgehead atoms. The fourth-order valence-electron chi connectivity index (χ4n) is 5.26. The van der Waals surface area contributed by atoms with Crippen LogP contribution in [-0.2, 0) is 14.9 Å². The van der Waals surface area contributed by atoms with Crippen molar-refractivity contribution >= 4 is 38.0 Å². The summed E-state index contributed by atoms with van der Waals surface area (Å²) in [6.07, 6.45) is -0.345. The third-order valence-corrected chi connectivity index (χ3v) is 9.04. The number of pyridine rings is 1. The molecule has 1 N–H and O–H groups in total. The zero-order chi connectivity index (χ0) is 29.4. The molecule has 0 aliphatic carbocycles. The Labute approximate surface area is 244 Å². The van der Waals surface area contributed by atoms with Gasteiger partial charge in [0.05, 0.1) is 29.7 Å². The van der Waals surface area contributed by atoms with Gasteiger partial charge in [-0.1, -0.05) is 54.6 Å². The lowest BCUT2D eigenvalue weighted by Crippen LogP contribution is -2.48. The minimum atomic E-state index is -4.13. The quantitative estimate of drug-likeness (QED) is 0.260. The standard InChI is InChI=1S/C32H31N3O6S/c1-20-13-14-28(40-22(3)23-9-5-4-6-10-23)29-25(32(36)34-42(37,38)35-15-17-39-18-16-35)19-26(33-30(20)29)31-21(2)24-11-7-8-12-27(24)41-31/h4-14,19,22H,15-18H2,1-3H3,(H,34,36). The van der Waals surface area contributed by atoms with Crippen LogP contribution in [-0.4, -0.2) is 49.9 Å². The first-order valence-electron chi connectivity index (χ1n) is 13.8. The van der Waals surface area contributed by atoms with Gasteiger partial charge in [0, 0.05) is 24.0 Å². The van der Waals surface area contributed by atoms with Crippen LogP contribution in [0.2, 0.25) is 0 Å². The first-order valence-corrected chi connectivity index (χ1v) is 15.2. The van der Waals surface area contributed by atoms with Crippen LogP contribution < -0.4 is 9.46 Å². The third kappa shape index (κ3) is 5.24. The highest BCUT2D eigenvalue weighted by atomic mass is 32.2. The number of para-hydroxylation sites is 1. The van der Waals surface area contributed by atoms with E-state index in [-0.39, 0.29) is 38.0 Å². The van der Waals surface area contributed by atoms with Gasteiger partial charge in [-0.15, -0.1) is 0 Å². The van der Waals surface area contributed by atoms with E-state index in [4.69, 9.17) is 18.9 Å². The Kier molecular flexibility index (Phi) is 7.44. The Morgan fingerprint density at radius 2 is 1.71 bits per heavy atom. The molecule has 1 atom stereocenters. The van der Waals surface area contributed by atoms with Crippen molar-refractivity contribution in [2.24, 2.45) is 0 Å². The van der Waals surface area contributed by atoms with Gasteiger partial charge in [-0.05, 0) is 50.1 Å². The van der Waals surface area contributed by atoms with E-state index < -0.39 is 16.1 Å². The molecule has 1 aliphatic rings. The predicted molar refractivity (Wildman–Crippen MR) is 161 cm³/mol. The molecule has 2 aromatic heterocycles. The molecule has 5 aromatic rings. The van der Waals surface area contributed by atoms with Gasteiger partial charge in [0.25, 0.3) is 5.91 Å². The summed E-state index contributed by atoms with van der Waals surface area (Å²) in [6, 6.07) is 22.6. The van der Waals surface area contributed by atoms with Crippen molar-refractivity contribution in [1.29, 1.82) is 0 Å². The molecule has 42 heavy (non-hydrogen) atoms. The first-order chi connectivity index (χ1) is 20.2. The second-order valence-electron chi connectivity index (χ2n) is 10.3. The van der Waals surface area contributed by atoms with E-state index in [2.05, 4.69) is 4.72 Å². The van der Waals surface area contributed by atoms with Crippen LogP contribution in [0.4, 0.5) is 0 Å². The molecule has 0 radical (unpaired) electrons. The summed E-state index contributed by atoms with van der Waals surface area (Å²) in [6.45, 7) is 6.58. The van der Waals surface area contributed by atoms with Gasteiger partial charge in [0.2, 0.25) is 0 Å². The maximum atomic E-state index is 13.9. The molecular weight excluding hydrogens is 554 g/mol. The second-order valence-corrected chi connectivity index (χ2v) is 12.0. The second kappa shape index (κ2) is 11.2. The van der Waals surface area contributed by atoms with Crippen molar-refractivity contribution < 1.29 is 27.1 Å². The van der Waals surface area contributed by atoms with Gasteiger partial charge in [-0.2, -0.15) is 12.7 Å². The maximum Gasteiger partial charge on any atom is 0.304 e. The van der Waals surface area contributed by atoms with Crippen LogP contribution in [0, 0.1) is 13.8 Å². The van der Waals surface area contributed by atoms with E-state index in [9.17, 15) is 13.2 Å². The lowest BCUT2D eigenvalue weighted by Gasteiger charge is -2.26. The number of nitrogens with zero attached hydrogens (tertiary/aromatic N) is 2. The van der Waals surface area contributed by atoms with Gasteiger partial charge in [-0.25, -0.2) is 9.71 Å². The summed E-state index contributed by atoms with van der Waals surface area (Å²) in [7, 11) is -4.13. The number of carbonyl (C=O) groups excluding carboxylic acids is 1. The molecule has 1 aliphatic heterocycles. The van der Waals surface area contributed by atoms with E-state index in [1.807, 2.05) is 81.4 Å². The Balaban J connectivity index is 1.51. The zero-order valence-corrected chi connectivity index (χ0v) is 24.4. The van der Waals surface area contributed by atoms with Crippen molar-refractivity contribution in [3.05, 3.63) is 95.1 Å². The van der Waals surface area contributed by atoms with E-state index >= 15 is 0 Å². The van der Waals surface area contributed by atoms with Crippen molar-refractivity contribution in [3.8, 4) is 17.2 Å². The van der Waals surface area contributed by atoms with Crippen LogP contribution in [0.15, 0.2) is 77.2 Å². The molecule has 216 valence electrons. The lowest BCUT2D eigenvalue weighted by atomic mass is 10.0. The van der Waals surface area contributed by atoms with Crippen LogP contribution in [0.5, 0.6) is 5.75 Å². The van der Waals surface area contributed by atoms with Crippen molar-refractivity contribution in [2.75, 3.05) is 26.3 Å². The van der Waals surface area contributed by atoms with E-state index in [1.165, 1.54) is 4.31 Å². The Hall–Kier alpha value is -4.25. The van der Waals surface area contributed by atoms with E-state index in [0.717, 1.165) is 22.1 Å². The number of nitrogens with one attached hydrogen (secondary N) is 1. The fourth-order valence-corrected chi connectivity index (χ4v) is 6.36. The zero-order valence-electron chi connectivity index (χ0n) is 23.6. The van der Waals surface area contributed by atoms with Crippen molar-refractivity contribution in [1.82, 2.24) is 14.0 Å². The molecule has 1 unspecified atom stereocenters. The third-order valence-electron chi connectivity index (χ3n) is 7.55. The largest absolute Gasteiger partial charge is 0.485 e. The molecule has 0 saturated carbocycles. The fraction of sp³-hybridized carbons (Fsp3) is 0.250. The van der Waals surface area contributed by atoms with Gasteiger partial charge < -0.3 is 13.9 Å². The van der Waals surface area contributed by atoms with Gasteiger partial charge in [0.15, 0.2) is 5.76 Å². The molecule has 10 heteroatoms. The average molecular weight is 586 g/mol. The number of hydrogen-bond donors (Lipinski definition) is 1. The van der Waals surface area contributed by atoms with Crippen LogP contribution in [0.1, 0.15) is 40.1 Å². The number of furan rings is 1. The molecule has 3 heterocycles. The van der Waals surface area contributed by atoms with Gasteiger partial charge >= 0.3 is 10.2 Å². The number of rotatable bonds is 7. The minimum absolute atomic E-state index is 0.116. The van der Waals surface area contributed by atoms with Gasteiger partial charge in [0.1, 0.15) is 23.1 Å². The number of amides is 1. The van der Waals surface area contributed by atoms with E-state index in [0.29, 0.717) is 33.7 Å². The number of fused-ring (bicyclic) bond motifs is 2. The molecule has 1 saturated heterocycles. The summed E-state index contributed by atoms with van der Waals surface area (Å²) in [5, 5.41) is 1.35. The lowest BCUT2D eigenvalue weighted by molar-refractivity contribution is 0.0719. The number of hydrogen-bond acceptors (Lipinski definition) is 7. The number of morpholine rings is 1. The number of carbonyl (C=O) groups is 1. The highest BCUT2D eigenvalue weighted by Crippen LogP contribution is 2.38. The molecule has 1 amide bonds. The summed E-state index contributed by atoms with van der Waals surface area (Å²) in [4.78, 5) is 18.9. The Bertz CT molecular complexity index is 1900. The van der Waals surface area contributed by atoms with Crippen LogP contribution in [0.25, 0.3) is 33.3 Å². The number of ether oxygens (including phenoxy) is 2. The summed E-state index contributed by atoms with van der Waals surface area (Å²) in [5.74, 6) is 0.138. The highest BCUT2D eigenvalue weighted by Gasteiger charge is 2.29. The first kappa shape index (κ1) is 27.9. The number of benzene rings is 3.